The van der Waals surface area contributed by atoms with E-state index in [0.717, 1.165) is 17.8 Å². The number of carbonyl (C=O) groups is 1. The summed E-state index contributed by atoms with van der Waals surface area (Å²) in [7, 11) is 2.09. The van der Waals surface area contributed by atoms with E-state index >= 15 is 0 Å². The van der Waals surface area contributed by atoms with Gasteiger partial charge in [0, 0.05) is 23.3 Å². The van der Waals surface area contributed by atoms with E-state index < -0.39 is 5.41 Å². The number of fused-ring (bicyclic) bond motifs is 2. The van der Waals surface area contributed by atoms with E-state index in [4.69, 9.17) is 11.6 Å². The molecule has 3 rings (SSSR count). The van der Waals surface area contributed by atoms with Crippen LogP contribution < -0.4 is 5.32 Å². The largest absolute Gasteiger partial charge is 0.325 e. The summed E-state index contributed by atoms with van der Waals surface area (Å²) in [5, 5.41) is 3.67. The van der Waals surface area contributed by atoms with Gasteiger partial charge in [-0.25, -0.2) is 0 Å². The number of carbonyl (C=O) groups excluding carboxylic acids is 1. The molecule has 2 heterocycles. The van der Waals surface area contributed by atoms with Crippen molar-refractivity contribution in [3.05, 3.63) is 28.8 Å². The van der Waals surface area contributed by atoms with Gasteiger partial charge in [0.05, 0.1) is 0 Å². The number of hydrogen-bond acceptors (Lipinski definition) is 2. The number of nitrogens with one attached hydrogen (secondary N) is 1. The Balaban J connectivity index is 2.14. The summed E-state index contributed by atoms with van der Waals surface area (Å²) in [6.07, 6.45) is 0. The summed E-state index contributed by atoms with van der Waals surface area (Å²) in [5.41, 5.74) is 1.61. The van der Waals surface area contributed by atoms with Crippen molar-refractivity contribution in [1.82, 2.24) is 4.90 Å². The van der Waals surface area contributed by atoms with Crippen molar-refractivity contribution in [3.63, 3.8) is 0 Å². The highest BCUT2D eigenvalue weighted by molar-refractivity contribution is 6.31. The van der Waals surface area contributed by atoms with Gasteiger partial charge in [0.2, 0.25) is 5.91 Å². The minimum absolute atomic E-state index is 0.0472. The van der Waals surface area contributed by atoms with Crippen LogP contribution in [0, 0.1) is 5.41 Å². The number of halogens is 1. The fraction of sp³-hybridized carbons (Fsp3) is 0.533. The van der Waals surface area contributed by atoms with E-state index in [2.05, 4.69) is 38.0 Å². The van der Waals surface area contributed by atoms with Crippen LogP contribution in [0.2, 0.25) is 5.02 Å². The Morgan fingerprint density at radius 2 is 2.11 bits per heavy atom. The second kappa shape index (κ2) is 3.74. The van der Waals surface area contributed by atoms with Gasteiger partial charge in [-0.3, -0.25) is 9.69 Å². The molecule has 102 valence electrons. The van der Waals surface area contributed by atoms with Crippen LogP contribution in [0.1, 0.15) is 26.3 Å². The first kappa shape index (κ1) is 12.9. The average Bonchev–Trinajstić information content (AvgIpc) is 2.49. The maximum absolute atomic E-state index is 12.6. The Morgan fingerprint density at radius 1 is 1.42 bits per heavy atom. The fourth-order valence-electron chi connectivity index (χ4n) is 4.03. The summed E-state index contributed by atoms with van der Waals surface area (Å²) in [6, 6.07) is 5.94. The number of likely N-dealkylation sites (N-methyl/N-ethyl adjacent to an activating group) is 1. The molecule has 1 saturated heterocycles. The maximum atomic E-state index is 12.6. The summed E-state index contributed by atoms with van der Waals surface area (Å²) >= 11 is 6.02. The fourth-order valence-corrected chi connectivity index (χ4v) is 4.20. The number of anilines is 1. The monoisotopic (exact) mass is 278 g/mol. The molecule has 2 atom stereocenters. The molecule has 3 nitrogen and oxygen atoms in total. The Hall–Kier alpha value is -1.06. The predicted octanol–water partition coefficient (Wildman–Crippen LogP) is 2.89. The molecular weight excluding hydrogens is 260 g/mol. The van der Waals surface area contributed by atoms with Crippen molar-refractivity contribution in [2.45, 2.75) is 32.2 Å². The zero-order valence-electron chi connectivity index (χ0n) is 11.7. The summed E-state index contributed by atoms with van der Waals surface area (Å²) in [4.78, 5) is 14.8. The van der Waals surface area contributed by atoms with Gasteiger partial charge in [-0.15, -0.1) is 0 Å². The number of benzene rings is 1. The van der Waals surface area contributed by atoms with Crippen LogP contribution in [0.5, 0.6) is 0 Å². The van der Waals surface area contributed by atoms with Crippen LogP contribution in [0.15, 0.2) is 18.2 Å². The van der Waals surface area contributed by atoms with Crippen molar-refractivity contribution in [2.24, 2.45) is 5.41 Å². The third-order valence-electron chi connectivity index (χ3n) is 4.34. The Bertz CT molecular complexity index is 564. The Labute approximate surface area is 118 Å². The molecule has 1 aromatic rings. The molecular formula is C15H19ClN2O. The number of likely N-dealkylation sites (tertiary alicyclic amines) is 1. The normalized spacial score (nSPS) is 30.2. The Kier molecular flexibility index (Phi) is 2.55. The topological polar surface area (TPSA) is 32.3 Å². The predicted molar refractivity (Wildman–Crippen MR) is 77.6 cm³/mol. The van der Waals surface area contributed by atoms with E-state index in [1.165, 1.54) is 0 Å². The van der Waals surface area contributed by atoms with Crippen LogP contribution >= 0.6 is 11.6 Å². The van der Waals surface area contributed by atoms with E-state index in [1.807, 2.05) is 18.2 Å². The van der Waals surface area contributed by atoms with Crippen LogP contribution in [-0.2, 0) is 10.2 Å². The lowest BCUT2D eigenvalue weighted by Gasteiger charge is -2.58. The molecule has 1 fully saturated rings. The smallest absolute Gasteiger partial charge is 0.238 e. The van der Waals surface area contributed by atoms with Gasteiger partial charge in [0.15, 0.2) is 0 Å². The molecule has 2 unspecified atom stereocenters. The summed E-state index contributed by atoms with van der Waals surface area (Å²) in [6.45, 7) is 7.35. The van der Waals surface area contributed by atoms with Crippen LogP contribution in [0.3, 0.4) is 0 Å². The van der Waals surface area contributed by atoms with Gasteiger partial charge in [0.25, 0.3) is 0 Å². The van der Waals surface area contributed by atoms with E-state index in [9.17, 15) is 4.79 Å². The third-order valence-corrected chi connectivity index (χ3v) is 4.58. The lowest BCUT2D eigenvalue weighted by molar-refractivity contribution is -0.138. The van der Waals surface area contributed by atoms with Crippen LogP contribution in [0.25, 0.3) is 0 Å². The molecule has 19 heavy (non-hydrogen) atoms. The van der Waals surface area contributed by atoms with Crippen molar-refractivity contribution in [3.8, 4) is 0 Å². The van der Waals surface area contributed by atoms with Crippen molar-refractivity contribution < 1.29 is 4.79 Å². The molecule has 0 aromatic heterocycles. The highest BCUT2D eigenvalue weighted by atomic mass is 35.5. The molecule has 0 aliphatic carbocycles. The number of hydrogen-bond donors (Lipinski definition) is 1. The highest BCUT2D eigenvalue weighted by Gasteiger charge is 2.64. The molecule has 0 saturated carbocycles. The minimum Gasteiger partial charge on any atom is -0.325 e. The molecule has 0 bridgehead atoms. The standard InChI is InChI=1S/C15H19ClN2O/c1-14(2,3)12-15(8-18(12)4)10-6-5-9(16)7-11(10)17-13(15)19/h5-7,12H,8H2,1-4H3,(H,17,19). The van der Waals surface area contributed by atoms with Gasteiger partial charge >= 0.3 is 0 Å². The van der Waals surface area contributed by atoms with Crippen LogP contribution in [0.4, 0.5) is 5.69 Å². The molecule has 4 heteroatoms. The first-order chi connectivity index (χ1) is 8.76. The molecule has 0 radical (unpaired) electrons. The SMILES string of the molecule is CN1CC2(C(=O)Nc3cc(Cl)ccc32)C1C(C)(C)C. The zero-order chi connectivity index (χ0) is 14.0. The lowest BCUT2D eigenvalue weighted by Crippen LogP contribution is -2.72. The number of amides is 1. The van der Waals surface area contributed by atoms with Crippen molar-refractivity contribution in [2.75, 3.05) is 18.9 Å². The molecule has 1 spiro atoms. The van der Waals surface area contributed by atoms with Gasteiger partial charge in [0.1, 0.15) is 5.41 Å². The van der Waals surface area contributed by atoms with E-state index in [-0.39, 0.29) is 17.4 Å². The van der Waals surface area contributed by atoms with Gasteiger partial charge in [-0.2, -0.15) is 0 Å². The lowest BCUT2D eigenvalue weighted by atomic mass is 9.59. The third kappa shape index (κ3) is 1.58. The van der Waals surface area contributed by atoms with Crippen molar-refractivity contribution in [1.29, 1.82) is 0 Å². The molecule has 1 amide bonds. The number of nitrogens with zero attached hydrogens (tertiary/aromatic N) is 1. The summed E-state index contributed by atoms with van der Waals surface area (Å²) < 4.78 is 0. The molecule has 2 aliphatic heterocycles. The van der Waals surface area contributed by atoms with E-state index in [0.29, 0.717) is 5.02 Å². The minimum atomic E-state index is -0.410. The van der Waals surface area contributed by atoms with Gasteiger partial charge in [-0.05, 0) is 30.2 Å². The first-order valence-electron chi connectivity index (χ1n) is 6.58. The first-order valence-corrected chi connectivity index (χ1v) is 6.96. The summed E-state index contributed by atoms with van der Waals surface area (Å²) in [5.74, 6) is 0.114. The second-order valence-electron chi connectivity index (χ2n) is 6.80. The average molecular weight is 279 g/mol. The highest BCUT2D eigenvalue weighted by Crippen LogP contribution is 2.53. The van der Waals surface area contributed by atoms with Gasteiger partial charge < -0.3 is 5.32 Å². The van der Waals surface area contributed by atoms with Crippen molar-refractivity contribution >= 4 is 23.2 Å². The molecule has 2 aliphatic rings. The maximum Gasteiger partial charge on any atom is 0.238 e. The number of rotatable bonds is 0. The quantitative estimate of drug-likeness (QED) is 0.791. The zero-order valence-corrected chi connectivity index (χ0v) is 12.5. The molecule has 1 aromatic carbocycles. The molecule has 1 N–H and O–H groups in total. The Morgan fingerprint density at radius 3 is 2.68 bits per heavy atom. The second-order valence-corrected chi connectivity index (χ2v) is 7.24. The van der Waals surface area contributed by atoms with Crippen LogP contribution in [-0.4, -0.2) is 30.4 Å². The van der Waals surface area contributed by atoms with Gasteiger partial charge in [-0.1, -0.05) is 38.4 Å². The van der Waals surface area contributed by atoms with E-state index in [1.54, 1.807) is 0 Å².